The summed E-state index contributed by atoms with van der Waals surface area (Å²) in [6, 6.07) is -0.245. The van der Waals surface area contributed by atoms with Gasteiger partial charge in [0.15, 0.2) is 5.75 Å². The fourth-order valence-corrected chi connectivity index (χ4v) is 1.73. The maximum atomic E-state index is 6.12. The van der Waals surface area contributed by atoms with E-state index in [4.69, 9.17) is 19.9 Å². The van der Waals surface area contributed by atoms with Crippen LogP contribution in [0.4, 0.5) is 0 Å². The van der Waals surface area contributed by atoms with E-state index in [1.165, 1.54) is 0 Å². The van der Waals surface area contributed by atoms with Crippen molar-refractivity contribution in [3.63, 3.8) is 0 Å². The highest BCUT2D eigenvalue weighted by Gasteiger charge is 2.18. The Bertz CT molecular complexity index is 341. The standard InChI is InChI=1S/C12H23N3O3/c1-4-5-15-12(11(17-3)8-14-15)10(13)9-18-7-6-16-2/h8,10H,4-7,9,13H2,1-3H3. The van der Waals surface area contributed by atoms with Gasteiger partial charge in [0.1, 0.15) is 0 Å². The molecule has 18 heavy (non-hydrogen) atoms. The van der Waals surface area contributed by atoms with Crippen LogP contribution in [-0.2, 0) is 16.0 Å². The van der Waals surface area contributed by atoms with E-state index in [1.54, 1.807) is 20.4 Å². The van der Waals surface area contributed by atoms with Gasteiger partial charge in [-0.3, -0.25) is 4.68 Å². The number of aromatic nitrogens is 2. The number of rotatable bonds is 9. The van der Waals surface area contributed by atoms with Gasteiger partial charge in [-0.25, -0.2) is 0 Å². The fourth-order valence-electron chi connectivity index (χ4n) is 1.73. The molecule has 0 spiro atoms. The van der Waals surface area contributed by atoms with E-state index >= 15 is 0 Å². The van der Waals surface area contributed by atoms with Crippen LogP contribution in [0.1, 0.15) is 25.1 Å². The molecule has 1 atom stereocenters. The van der Waals surface area contributed by atoms with Crippen molar-refractivity contribution in [2.24, 2.45) is 5.73 Å². The maximum absolute atomic E-state index is 6.12. The van der Waals surface area contributed by atoms with Gasteiger partial charge in [-0.15, -0.1) is 0 Å². The number of nitrogens with zero attached hydrogens (tertiary/aromatic N) is 2. The van der Waals surface area contributed by atoms with Crippen LogP contribution in [0.5, 0.6) is 5.75 Å². The molecule has 0 bridgehead atoms. The molecule has 1 unspecified atom stereocenters. The molecule has 0 aliphatic rings. The monoisotopic (exact) mass is 257 g/mol. The minimum Gasteiger partial charge on any atom is -0.493 e. The predicted octanol–water partition coefficient (Wildman–Crippen LogP) is 0.965. The molecule has 0 saturated heterocycles. The van der Waals surface area contributed by atoms with Gasteiger partial charge in [0.05, 0.1) is 44.9 Å². The lowest BCUT2D eigenvalue weighted by atomic mass is 10.2. The number of hydrogen-bond donors (Lipinski definition) is 1. The van der Waals surface area contributed by atoms with E-state index in [0.717, 1.165) is 18.7 Å². The molecule has 0 amide bonds. The van der Waals surface area contributed by atoms with Crippen LogP contribution in [0.3, 0.4) is 0 Å². The Labute approximate surface area is 108 Å². The minimum atomic E-state index is -0.245. The lowest BCUT2D eigenvalue weighted by Gasteiger charge is -2.15. The quantitative estimate of drug-likeness (QED) is 0.667. The molecule has 1 aromatic heterocycles. The Morgan fingerprint density at radius 3 is 2.78 bits per heavy atom. The first-order valence-electron chi connectivity index (χ1n) is 6.16. The molecule has 0 aliphatic carbocycles. The first-order valence-corrected chi connectivity index (χ1v) is 6.16. The van der Waals surface area contributed by atoms with Crippen LogP contribution in [0, 0.1) is 0 Å². The zero-order valence-corrected chi connectivity index (χ0v) is 11.4. The van der Waals surface area contributed by atoms with Crippen molar-refractivity contribution in [2.75, 3.05) is 34.0 Å². The van der Waals surface area contributed by atoms with Gasteiger partial charge in [0.2, 0.25) is 0 Å². The average Bonchev–Trinajstić information content (AvgIpc) is 2.78. The van der Waals surface area contributed by atoms with Crippen molar-refractivity contribution in [1.82, 2.24) is 9.78 Å². The van der Waals surface area contributed by atoms with E-state index < -0.39 is 0 Å². The number of ether oxygens (including phenoxy) is 3. The lowest BCUT2D eigenvalue weighted by Crippen LogP contribution is -2.23. The second-order valence-corrected chi connectivity index (χ2v) is 4.00. The highest BCUT2D eigenvalue weighted by Crippen LogP contribution is 2.23. The van der Waals surface area contributed by atoms with Crippen LogP contribution >= 0.6 is 0 Å². The summed E-state index contributed by atoms with van der Waals surface area (Å²) in [5.41, 5.74) is 7.01. The van der Waals surface area contributed by atoms with Gasteiger partial charge in [-0.1, -0.05) is 6.92 Å². The van der Waals surface area contributed by atoms with Crippen LogP contribution < -0.4 is 10.5 Å². The van der Waals surface area contributed by atoms with E-state index in [9.17, 15) is 0 Å². The number of aryl methyl sites for hydroxylation is 1. The summed E-state index contributed by atoms with van der Waals surface area (Å²) in [6.07, 6.45) is 2.69. The third-order valence-electron chi connectivity index (χ3n) is 2.58. The Morgan fingerprint density at radius 2 is 2.17 bits per heavy atom. The number of nitrogens with two attached hydrogens (primary N) is 1. The molecule has 0 fully saturated rings. The van der Waals surface area contributed by atoms with Crippen molar-refractivity contribution >= 4 is 0 Å². The van der Waals surface area contributed by atoms with Gasteiger partial charge in [0.25, 0.3) is 0 Å². The molecule has 0 aliphatic heterocycles. The van der Waals surface area contributed by atoms with Crippen molar-refractivity contribution in [3.8, 4) is 5.75 Å². The topological polar surface area (TPSA) is 71.5 Å². The van der Waals surface area contributed by atoms with Crippen molar-refractivity contribution in [3.05, 3.63) is 11.9 Å². The Hall–Kier alpha value is -1.11. The van der Waals surface area contributed by atoms with Crippen molar-refractivity contribution in [1.29, 1.82) is 0 Å². The van der Waals surface area contributed by atoms with Crippen LogP contribution in [0.2, 0.25) is 0 Å². The molecule has 2 N–H and O–H groups in total. The van der Waals surface area contributed by atoms with Gasteiger partial charge in [-0.05, 0) is 6.42 Å². The second kappa shape index (κ2) is 8.07. The third kappa shape index (κ3) is 3.97. The Morgan fingerprint density at radius 1 is 1.39 bits per heavy atom. The molecule has 6 heteroatoms. The summed E-state index contributed by atoms with van der Waals surface area (Å²) in [4.78, 5) is 0. The second-order valence-electron chi connectivity index (χ2n) is 4.00. The van der Waals surface area contributed by atoms with E-state index in [0.29, 0.717) is 25.6 Å². The summed E-state index contributed by atoms with van der Waals surface area (Å²) in [5.74, 6) is 0.714. The van der Waals surface area contributed by atoms with Crippen molar-refractivity contribution in [2.45, 2.75) is 25.9 Å². The molecule has 0 aromatic carbocycles. The highest BCUT2D eigenvalue weighted by atomic mass is 16.5. The van der Waals surface area contributed by atoms with Crippen LogP contribution in [0.25, 0.3) is 0 Å². The molecule has 1 heterocycles. The zero-order chi connectivity index (χ0) is 13.4. The summed E-state index contributed by atoms with van der Waals surface area (Å²) >= 11 is 0. The fraction of sp³-hybridized carbons (Fsp3) is 0.750. The zero-order valence-electron chi connectivity index (χ0n) is 11.4. The first-order chi connectivity index (χ1) is 8.74. The summed E-state index contributed by atoms with van der Waals surface area (Å²) in [5, 5.41) is 4.27. The largest absolute Gasteiger partial charge is 0.493 e. The van der Waals surface area contributed by atoms with E-state index in [2.05, 4.69) is 12.0 Å². The number of hydrogen-bond acceptors (Lipinski definition) is 5. The van der Waals surface area contributed by atoms with Crippen LogP contribution in [-0.4, -0.2) is 43.8 Å². The maximum Gasteiger partial charge on any atom is 0.161 e. The summed E-state index contributed by atoms with van der Waals surface area (Å²) in [6.45, 7) is 4.45. The lowest BCUT2D eigenvalue weighted by molar-refractivity contribution is 0.0622. The SMILES string of the molecule is CCCn1ncc(OC)c1C(N)COCCOC. The summed E-state index contributed by atoms with van der Waals surface area (Å²) in [7, 11) is 3.26. The molecule has 1 aromatic rings. The van der Waals surface area contributed by atoms with Crippen molar-refractivity contribution < 1.29 is 14.2 Å². The van der Waals surface area contributed by atoms with Gasteiger partial charge in [0, 0.05) is 13.7 Å². The van der Waals surface area contributed by atoms with Crippen LogP contribution in [0.15, 0.2) is 6.20 Å². The Balaban J connectivity index is 2.63. The molecule has 0 saturated carbocycles. The third-order valence-corrected chi connectivity index (χ3v) is 2.58. The number of methoxy groups -OCH3 is 2. The van der Waals surface area contributed by atoms with Gasteiger partial charge >= 0.3 is 0 Å². The predicted molar refractivity (Wildman–Crippen MR) is 68.7 cm³/mol. The molecule has 0 radical (unpaired) electrons. The smallest absolute Gasteiger partial charge is 0.161 e. The molecular weight excluding hydrogens is 234 g/mol. The minimum absolute atomic E-state index is 0.245. The van der Waals surface area contributed by atoms with Gasteiger partial charge in [-0.2, -0.15) is 5.10 Å². The molecule has 104 valence electrons. The molecule has 1 rings (SSSR count). The molecule has 6 nitrogen and oxygen atoms in total. The first kappa shape index (κ1) is 14.9. The molecular formula is C12H23N3O3. The normalized spacial score (nSPS) is 12.7. The van der Waals surface area contributed by atoms with E-state index in [-0.39, 0.29) is 6.04 Å². The average molecular weight is 257 g/mol. The Kier molecular flexibility index (Phi) is 6.70. The summed E-state index contributed by atoms with van der Waals surface area (Å²) < 4.78 is 17.5. The highest BCUT2D eigenvalue weighted by molar-refractivity contribution is 5.28. The van der Waals surface area contributed by atoms with E-state index in [1.807, 2.05) is 4.68 Å². The van der Waals surface area contributed by atoms with Gasteiger partial charge < -0.3 is 19.9 Å².